The van der Waals surface area contributed by atoms with Gasteiger partial charge in [-0.05, 0) is 42.9 Å². The van der Waals surface area contributed by atoms with Crippen molar-refractivity contribution in [3.05, 3.63) is 47.4 Å². The second-order valence-electron chi connectivity index (χ2n) is 4.78. The van der Waals surface area contributed by atoms with Crippen LogP contribution in [0.15, 0.2) is 30.7 Å². The fraction of sp³-hybridized carbons (Fsp3) is 0.267. The molecule has 0 spiro atoms. The molecule has 4 heteroatoms. The second-order valence-corrected chi connectivity index (χ2v) is 4.78. The summed E-state index contributed by atoms with van der Waals surface area (Å²) in [6, 6.07) is 6.12. The predicted molar refractivity (Wildman–Crippen MR) is 71.1 cm³/mol. The highest BCUT2D eigenvalue weighted by Crippen LogP contribution is 2.27. The third-order valence-electron chi connectivity index (χ3n) is 3.56. The Kier molecular flexibility index (Phi) is 2.99. The first-order chi connectivity index (χ1) is 9.25. The van der Waals surface area contributed by atoms with E-state index in [1.165, 1.54) is 36.5 Å². The first kappa shape index (κ1) is 11.8. The van der Waals surface area contributed by atoms with Gasteiger partial charge in [-0.1, -0.05) is 12.1 Å². The zero-order chi connectivity index (χ0) is 13.2. The number of nitrogens with zero attached hydrogens (tertiary/aromatic N) is 2. The Bertz CT molecular complexity index is 638. The van der Waals surface area contributed by atoms with E-state index in [2.05, 4.69) is 22.1 Å². The van der Waals surface area contributed by atoms with Crippen LogP contribution in [0.5, 0.6) is 0 Å². The average molecular weight is 254 g/mol. The Morgan fingerprint density at radius 2 is 1.95 bits per heavy atom. The molecule has 0 saturated carbocycles. The number of hydrogen-bond acceptors (Lipinski definition) is 3. The molecular formula is C15H14N2O2. The van der Waals surface area contributed by atoms with Crippen LogP contribution in [0.3, 0.4) is 0 Å². The summed E-state index contributed by atoms with van der Waals surface area (Å²) in [6.45, 7) is 0. The highest BCUT2D eigenvalue weighted by molar-refractivity contribution is 5.94. The summed E-state index contributed by atoms with van der Waals surface area (Å²) in [6.07, 6.45) is 7.36. The van der Waals surface area contributed by atoms with E-state index in [1.807, 2.05) is 6.07 Å². The van der Waals surface area contributed by atoms with Crippen molar-refractivity contribution in [3.63, 3.8) is 0 Å². The number of aromatic carboxylic acids is 1. The van der Waals surface area contributed by atoms with Crippen LogP contribution in [-0.2, 0) is 12.8 Å². The maximum absolute atomic E-state index is 11.2. The molecule has 0 amide bonds. The van der Waals surface area contributed by atoms with Gasteiger partial charge in [0.05, 0.1) is 5.69 Å². The maximum Gasteiger partial charge on any atom is 0.339 e. The molecule has 1 N–H and O–H groups in total. The van der Waals surface area contributed by atoms with Gasteiger partial charge in [0.2, 0.25) is 0 Å². The van der Waals surface area contributed by atoms with Gasteiger partial charge in [-0.25, -0.2) is 14.8 Å². The lowest BCUT2D eigenvalue weighted by atomic mass is 9.89. The molecule has 19 heavy (non-hydrogen) atoms. The van der Waals surface area contributed by atoms with Gasteiger partial charge < -0.3 is 5.11 Å². The summed E-state index contributed by atoms with van der Waals surface area (Å²) in [7, 11) is 0. The normalized spacial score (nSPS) is 13.9. The Balaban J connectivity index is 2.10. The average Bonchev–Trinajstić information content (AvgIpc) is 2.46. The number of fused-ring (bicyclic) bond motifs is 1. The standard InChI is InChI=1S/C15H14N2O2/c18-15(19)13-8-16-9-17-14(13)12-6-5-10-3-1-2-4-11(10)7-12/h5-9H,1-4H2,(H,18,19). The van der Waals surface area contributed by atoms with Gasteiger partial charge >= 0.3 is 5.97 Å². The molecule has 1 heterocycles. The van der Waals surface area contributed by atoms with Crippen molar-refractivity contribution >= 4 is 5.97 Å². The van der Waals surface area contributed by atoms with Gasteiger partial charge in [0.15, 0.2) is 0 Å². The molecule has 0 atom stereocenters. The van der Waals surface area contributed by atoms with Crippen LogP contribution in [0.25, 0.3) is 11.3 Å². The van der Waals surface area contributed by atoms with E-state index in [0.29, 0.717) is 5.69 Å². The van der Waals surface area contributed by atoms with Crippen molar-refractivity contribution in [2.24, 2.45) is 0 Å². The molecule has 0 radical (unpaired) electrons. The summed E-state index contributed by atoms with van der Waals surface area (Å²) in [4.78, 5) is 19.1. The van der Waals surface area contributed by atoms with Crippen molar-refractivity contribution in [2.75, 3.05) is 0 Å². The molecule has 0 fully saturated rings. The van der Waals surface area contributed by atoms with E-state index < -0.39 is 5.97 Å². The molecule has 1 aromatic carbocycles. The van der Waals surface area contributed by atoms with Crippen molar-refractivity contribution < 1.29 is 9.90 Å². The van der Waals surface area contributed by atoms with Crippen LogP contribution in [0.2, 0.25) is 0 Å². The lowest BCUT2D eigenvalue weighted by Gasteiger charge is -2.16. The van der Waals surface area contributed by atoms with E-state index in [0.717, 1.165) is 18.4 Å². The third-order valence-corrected chi connectivity index (χ3v) is 3.56. The number of rotatable bonds is 2. The summed E-state index contributed by atoms with van der Waals surface area (Å²) in [5.41, 5.74) is 4.20. The minimum atomic E-state index is -0.992. The van der Waals surface area contributed by atoms with Gasteiger partial charge in [0.25, 0.3) is 0 Å². The van der Waals surface area contributed by atoms with Gasteiger partial charge in [0.1, 0.15) is 11.9 Å². The summed E-state index contributed by atoms with van der Waals surface area (Å²) >= 11 is 0. The van der Waals surface area contributed by atoms with Crippen molar-refractivity contribution in [2.45, 2.75) is 25.7 Å². The quantitative estimate of drug-likeness (QED) is 0.895. The fourth-order valence-corrected chi connectivity index (χ4v) is 2.60. The molecule has 0 aliphatic heterocycles. The largest absolute Gasteiger partial charge is 0.478 e. The molecule has 96 valence electrons. The summed E-state index contributed by atoms with van der Waals surface area (Å²) < 4.78 is 0. The monoisotopic (exact) mass is 254 g/mol. The van der Waals surface area contributed by atoms with Crippen LogP contribution in [0.1, 0.15) is 34.3 Å². The Morgan fingerprint density at radius 1 is 1.16 bits per heavy atom. The number of carboxylic acid groups (broad SMARTS) is 1. The Morgan fingerprint density at radius 3 is 2.74 bits per heavy atom. The predicted octanol–water partition coefficient (Wildman–Crippen LogP) is 2.72. The third kappa shape index (κ3) is 2.21. The van der Waals surface area contributed by atoms with E-state index in [1.54, 1.807) is 0 Å². The molecule has 3 rings (SSSR count). The molecular weight excluding hydrogens is 240 g/mol. The Hall–Kier alpha value is -2.23. The van der Waals surface area contributed by atoms with Gasteiger partial charge in [0, 0.05) is 11.8 Å². The Labute approximate surface area is 111 Å². The lowest BCUT2D eigenvalue weighted by Crippen LogP contribution is -2.05. The molecule has 1 aliphatic rings. The van der Waals surface area contributed by atoms with Crippen molar-refractivity contribution in [1.82, 2.24) is 9.97 Å². The first-order valence-corrected chi connectivity index (χ1v) is 6.41. The molecule has 0 unspecified atom stereocenters. The van der Waals surface area contributed by atoms with Crippen LogP contribution in [0, 0.1) is 0 Å². The number of carbonyl (C=O) groups is 1. The van der Waals surface area contributed by atoms with Crippen molar-refractivity contribution in [1.29, 1.82) is 0 Å². The number of aromatic nitrogens is 2. The molecule has 1 aromatic heterocycles. The van der Waals surface area contributed by atoms with E-state index in [4.69, 9.17) is 0 Å². The number of carboxylic acids is 1. The SMILES string of the molecule is O=C(O)c1cncnc1-c1ccc2c(c1)CCCC2. The van der Waals surface area contributed by atoms with Crippen LogP contribution in [0.4, 0.5) is 0 Å². The zero-order valence-corrected chi connectivity index (χ0v) is 10.5. The van der Waals surface area contributed by atoms with E-state index in [-0.39, 0.29) is 5.56 Å². The van der Waals surface area contributed by atoms with E-state index in [9.17, 15) is 9.90 Å². The highest BCUT2D eigenvalue weighted by Gasteiger charge is 2.15. The smallest absolute Gasteiger partial charge is 0.339 e. The topological polar surface area (TPSA) is 63.1 Å². The summed E-state index contributed by atoms with van der Waals surface area (Å²) in [5.74, 6) is -0.992. The van der Waals surface area contributed by atoms with Gasteiger partial charge in [-0.3, -0.25) is 0 Å². The minimum absolute atomic E-state index is 0.151. The molecule has 2 aromatic rings. The van der Waals surface area contributed by atoms with Crippen LogP contribution >= 0.6 is 0 Å². The second kappa shape index (κ2) is 4.80. The number of aryl methyl sites for hydroxylation is 2. The first-order valence-electron chi connectivity index (χ1n) is 6.41. The molecule has 0 bridgehead atoms. The van der Waals surface area contributed by atoms with Crippen molar-refractivity contribution in [3.8, 4) is 11.3 Å². The highest BCUT2D eigenvalue weighted by atomic mass is 16.4. The number of hydrogen-bond donors (Lipinski definition) is 1. The van der Waals surface area contributed by atoms with Gasteiger partial charge in [-0.2, -0.15) is 0 Å². The number of benzene rings is 1. The molecule has 0 saturated heterocycles. The zero-order valence-electron chi connectivity index (χ0n) is 10.5. The summed E-state index contributed by atoms with van der Waals surface area (Å²) in [5, 5.41) is 9.19. The minimum Gasteiger partial charge on any atom is -0.478 e. The maximum atomic E-state index is 11.2. The lowest BCUT2D eigenvalue weighted by molar-refractivity contribution is 0.0697. The van der Waals surface area contributed by atoms with E-state index >= 15 is 0 Å². The molecule has 4 nitrogen and oxygen atoms in total. The fourth-order valence-electron chi connectivity index (χ4n) is 2.60. The van der Waals surface area contributed by atoms with Gasteiger partial charge in [-0.15, -0.1) is 0 Å². The molecule has 1 aliphatic carbocycles. The van der Waals surface area contributed by atoms with Crippen LogP contribution in [-0.4, -0.2) is 21.0 Å². The van der Waals surface area contributed by atoms with Crippen LogP contribution < -0.4 is 0 Å².